The van der Waals surface area contributed by atoms with E-state index in [9.17, 15) is 4.79 Å². The van der Waals surface area contributed by atoms with Crippen molar-refractivity contribution in [1.29, 1.82) is 0 Å². The molecule has 29 heavy (non-hydrogen) atoms. The van der Waals surface area contributed by atoms with Crippen LogP contribution < -0.4 is 5.32 Å². The molecule has 1 aliphatic heterocycles. The SMILES string of the molecule is C=NN1/C(=C(\C)C(=O)C(C)(C)c2ccccc2)NC(c2ccccc2)CC1(C)C. The zero-order valence-electron chi connectivity index (χ0n) is 18.1. The van der Waals surface area contributed by atoms with Gasteiger partial charge in [-0.2, -0.15) is 5.10 Å². The number of hydrogen-bond donors (Lipinski definition) is 1. The first-order valence-electron chi connectivity index (χ1n) is 10.1. The van der Waals surface area contributed by atoms with Crippen LogP contribution in [0.15, 0.2) is 77.2 Å². The van der Waals surface area contributed by atoms with E-state index in [1.165, 1.54) is 5.56 Å². The highest BCUT2D eigenvalue weighted by atomic mass is 16.1. The number of allylic oxidation sites excluding steroid dienone is 1. The van der Waals surface area contributed by atoms with Gasteiger partial charge in [-0.05, 0) is 52.2 Å². The lowest BCUT2D eigenvalue weighted by molar-refractivity contribution is -0.120. The van der Waals surface area contributed by atoms with Crippen molar-refractivity contribution in [1.82, 2.24) is 10.3 Å². The van der Waals surface area contributed by atoms with Crippen LogP contribution >= 0.6 is 0 Å². The fraction of sp³-hybridized carbons (Fsp3) is 0.360. The average molecular weight is 390 g/mol. The fourth-order valence-corrected chi connectivity index (χ4v) is 4.14. The Morgan fingerprint density at radius 3 is 2.21 bits per heavy atom. The van der Waals surface area contributed by atoms with Crippen molar-refractivity contribution < 1.29 is 4.79 Å². The summed E-state index contributed by atoms with van der Waals surface area (Å²) in [6.07, 6.45) is 0.850. The predicted molar refractivity (Wildman–Crippen MR) is 120 cm³/mol. The number of carbonyl (C=O) groups excluding carboxylic acids is 1. The van der Waals surface area contributed by atoms with Crippen LogP contribution in [0.5, 0.6) is 0 Å². The highest BCUT2D eigenvalue weighted by molar-refractivity contribution is 6.03. The van der Waals surface area contributed by atoms with Gasteiger partial charge in [-0.15, -0.1) is 0 Å². The second-order valence-electron chi connectivity index (χ2n) is 8.87. The lowest BCUT2D eigenvalue weighted by Crippen LogP contribution is -2.52. The number of ketones is 1. The molecule has 152 valence electrons. The highest BCUT2D eigenvalue weighted by Gasteiger charge is 2.41. The van der Waals surface area contributed by atoms with Gasteiger partial charge in [0.05, 0.1) is 17.0 Å². The van der Waals surface area contributed by atoms with Crippen LogP contribution in [-0.2, 0) is 10.2 Å². The number of nitrogens with zero attached hydrogens (tertiary/aromatic N) is 2. The number of hydrogen-bond acceptors (Lipinski definition) is 4. The van der Waals surface area contributed by atoms with E-state index >= 15 is 0 Å². The Bertz CT molecular complexity index is 914. The lowest BCUT2D eigenvalue weighted by Gasteiger charge is -2.47. The van der Waals surface area contributed by atoms with Crippen LogP contribution in [0.4, 0.5) is 0 Å². The van der Waals surface area contributed by atoms with E-state index in [1.54, 1.807) is 0 Å². The Morgan fingerprint density at radius 2 is 1.66 bits per heavy atom. The van der Waals surface area contributed by atoms with E-state index < -0.39 is 5.41 Å². The quantitative estimate of drug-likeness (QED) is 0.565. The summed E-state index contributed by atoms with van der Waals surface area (Å²) in [5.74, 6) is 0.809. The van der Waals surface area contributed by atoms with Gasteiger partial charge in [-0.25, -0.2) is 5.01 Å². The normalized spacial score (nSPS) is 20.6. The lowest BCUT2D eigenvalue weighted by atomic mass is 9.77. The van der Waals surface area contributed by atoms with Crippen molar-refractivity contribution in [2.75, 3.05) is 0 Å². The molecule has 1 atom stereocenters. The predicted octanol–water partition coefficient (Wildman–Crippen LogP) is 5.20. The van der Waals surface area contributed by atoms with Gasteiger partial charge in [0.15, 0.2) is 5.78 Å². The molecule has 3 rings (SSSR count). The molecular weight excluding hydrogens is 358 g/mol. The molecule has 1 heterocycles. The third kappa shape index (κ3) is 3.98. The van der Waals surface area contributed by atoms with Crippen molar-refractivity contribution in [3.05, 3.63) is 83.2 Å². The van der Waals surface area contributed by atoms with E-state index in [4.69, 9.17) is 0 Å². The summed E-state index contributed by atoms with van der Waals surface area (Å²) < 4.78 is 0. The zero-order chi connectivity index (χ0) is 21.2. The maximum absolute atomic E-state index is 13.6. The van der Waals surface area contributed by atoms with Crippen LogP contribution in [0.3, 0.4) is 0 Å². The Kier molecular flexibility index (Phi) is 5.65. The van der Waals surface area contributed by atoms with Crippen molar-refractivity contribution >= 4 is 12.5 Å². The van der Waals surface area contributed by atoms with E-state index in [1.807, 2.05) is 74.3 Å². The largest absolute Gasteiger partial charge is 0.363 e. The molecular formula is C25H31N3O. The van der Waals surface area contributed by atoms with Crippen LogP contribution in [-0.4, -0.2) is 23.0 Å². The molecule has 1 unspecified atom stereocenters. The van der Waals surface area contributed by atoms with Gasteiger partial charge in [0.25, 0.3) is 0 Å². The summed E-state index contributed by atoms with van der Waals surface area (Å²) in [6.45, 7) is 13.9. The minimum absolute atomic E-state index is 0.0735. The maximum atomic E-state index is 13.6. The number of hydrazone groups is 1. The van der Waals surface area contributed by atoms with Crippen molar-refractivity contribution in [2.45, 2.75) is 58.0 Å². The smallest absolute Gasteiger partial charge is 0.172 e. The second kappa shape index (κ2) is 7.86. The van der Waals surface area contributed by atoms with Crippen molar-refractivity contribution in [3.8, 4) is 0 Å². The first-order chi connectivity index (χ1) is 13.7. The van der Waals surface area contributed by atoms with Crippen LogP contribution in [0, 0.1) is 0 Å². The number of nitrogens with one attached hydrogen (secondary N) is 1. The van der Waals surface area contributed by atoms with Gasteiger partial charge in [0.2, 0.25) is 0 Å². The molecule has 1 N–H and O–H groups in total. The monoisotopic (exact) mass is 389 g/mol. The molecule has 2 aromatic carbocycles. The summed E-state index contributed by atoms with van der Waals surface area (Å²) in [6, 6.07) is 20.4. The number of rotatable bonds is 5. The van der Waals surface area contributed by atoms with Crippen LogP contribution in [0.2, 0.25) is 0 Å². The first-order valence-corrected chi connectivity index (χ1v) is 10.1. The van der Waals surface area contributed by atoms with Gasteiger partial charge in [0.1, 0.15) is 5.82 Å². The molecule has 0 bridgehead atoms. The fourth-order valence-electron chi connectivity index (χ4n) is 4.14. The minimum Gasteiger partial charge on any atom is -0.363 e. The third-order valence-corrected chi connectivity index (χ3v) is 5.90. The molecule has 0 saturated carbocycles. The summed E-state index contributed by atoms with van der Waals surface area (Å²) in [5.41, 5.74) is 1.94. The number of Topliss-reactive ketones (excluding diaryl/α,β-unsaturated/α-hetero) is 1. The Labute approximate surface area is 174 Å². The molecule has 0 radical (unpaired) electrons. The first kappa shape index (κ1) is 20.8. The van der Waals surface area contributed by atoms with Gasteiger partial charge in [0, 0.05) is 12.3 Å². The minimum atomic E-state index is -0.642. The summed E-state index contributed by atoms with van der Waals surface area (Å²) >= 11 is 0. The van der Waals surface area contributed by atoms with Crippen molar-refractivity contribution in [2.24, 2.45) is 5.10 Å². The van der Waals surface area contributed by atoms with E-state index in [0.717, 1.165) is 17.8 Å². The molecule has 1 aliphatic rings. The van der Waals surface area contributed by atoms with Crippen LogP contribution in [0.1, 0.15) is 58.2 Å². The highest BCUT2D eigenvalue weighted by Crippen LogP contribution is 2.38. The van der Waals surface area contributed by atoms with Crippen LogP contribution in [0.25, 0.3) is 0 Å². The van der Waals surface area contributed by atoms with E-state index in [0.29, 0.717) is 5.57 Å². The topological polar surface area (TPSA) is 44.7 Å². The number of carbonyl (C=O) groups is 1. The van der Waals surface area contributed by atoms with E-state index in [2.05, 4.69) is 43.1 Å². The number of benzene rings is 2. The molecule has 0 spiro atoms. The third-order valence-electron chi connectivity index (χ3n) is 5.90. The molecule has 2 aromatic rings. The maximum Gasteiger partial charge on any atom is 0.172 e. The molecule has 0 aromatic heterocycles. The van der Waals surface area contributed by atoms with E-state index in [-0.39, 0.29) is 17.4 Å². The Morgan fingerprint density at radius 1 is 1.10 bits per heavy atom. The molecule has 0 amide bonds. The molecule has 4 heteroatoms. The Balaban J connectivity index is 2.04. The average Bonchev–Trinajstić information content (AvgIpc) is 2.72. The summed E-state index contributed by atoms with van der Waals surface area (Å²) in [5, 5.41) is 9.72. The zero-order valence-corrected chi connectivity index (χ0v) is 18.1. The molecule has 1 saturated heterocycles. The standard InChI is InChI=1S/C25H31N3O/c1-18(22(29)25(4,5)20-15-11-8-12-16-20)23-27-21(19-13-9-7-10-14-19)17-24(2,3)28(23)26-6/h7-16,21,27H,6,17H2,1-5H3/b23-18+. The Hall–Kier alpha value is -2.88. The molecule has 4 nitrogen and oxygen atoms in total. The molecule has 0 aliphatic carbocycles. The molecule has 1 fully saturated rings. The second-order valence-corrected chi connectivity index (χ2v) is 8.87. The van der Waals surface area contributed by atoms with Gasteiger partial charge >= 0.3 is 0 Å². The summed E-state index contributed by atoms with van der Waals surface area (Å²) in [7, 11) is 0. The van der Waals surface area contributed by atoms with Crippen molar-refractivity contribution in [3.63, 3.8) is 0 Å². The van der Waals surface area contributed by atoms with Gasteiger partial charge in [-0.1, -0.05) is 60.7 Å². The van der Waals surface area contributed by atoms with Gasteiger partial charge in [-0.3, -0.25) is 4.79 Å². The van der Waals surface area contributed by atoms with Gasteiger partial charge < -0.3 is 5.32 Å². The summed E-state index contributed by atoms with van der Waals surface area (Å²) in [4.78, 5) is 13.6.